The number of nitrogens with zero attached hydrogens (tertiary/aromatic N) is 3. The molecule has 0 saturated carbocycles. The summed E-state index contributed by atoms with van der Waals surface area (Å²) in [5.74, 6) is 1.74. The zero-order valence-electron chi connectivity index (χ0n) is 14.1. The molecule has 3 heterocycles. The van der Waals surface area contributed by atoms with E-state index in [1.807, 2.05) is 25.2 Å². The first-order valence-corrected chi connectivity index (χ1v) is 8.33. The third-order valence-electron chi connectivity index (χ3n) is 4.76. The second-order valence-electron chi connectivity index (χ2n) is 6.11. The molecule has 23 heavy (non-hydrogen) atoms. The van der Waals surface area contributed by atoms with Gasteiger partial charge in [-0.3, -0.25) is 14.8 Å². The fraction of sp³-hybridized carbons (Fsp3) is 0.588. The topological polar surface area (TPSA) is 52.1 Å². The molecule has 0 radical (unpaired) electrons. The van der Waals surface area contributed by atoms with Crippen molar-refractivity contribution in [3.63, 3.8) is 0 Å². The molecule has 126 valence electrons. The second-order valence-corrected chi connectivity index (χ2v) is 6.11. The molecule has 1 unspecified atom stereocenters. The predicted octanol–water partition coefficient (Wildman–Crippen LogP) is 0.360. The number of para-hydroxylation sites is 1. The van der Waals surface area contributed by atoms with Crippen LogP contribution in [0.5, 0.6) is 5.75 Å². The van der Waals surface area contributed by atoms with Crippen molar-refractivity contribution in [1.29, 1.82) is 0 Å². The van der Waals surface area contributed by atoms with E-state index in [9.17, 15) is 0 Å². The minimum absolute atomic E-state index is 0.585. The van der Waals surface area contributed by atoms with Gasteiger partial charge in [-0.25, -0.2) is 0 Å². The lowest BCUT2D eigenvalue weighted by atomic mass is 10.1. The van der Waals surface area contributed by atoms with Gasteiger partial charge in [-0.15, -0.1) is 0 Å². The first kappa shape index (κ1) is 16.1. The first-order valence-electron chi connectivity index (χ1n) is 8.33. The van der Waals surface area contributed by atoms with Crippen LogP contribution in [-0.4, -0.2) is 75.2 Å². The van der Waals surface area contributed by atoms with Crippen molar-refractivity contribution in [2.75, 3.05) is 53.4 Å². The van der Waals surface area contributed by atoms with Crippen LogP contribution < -0.4 is 15.4 Å². The van der Waals surface area contributed by atoms with E-state index >= 15 is 0 Å². The Bertz CT molecular complexity index is 540. The number of methoxy groups -OCH3 is 1. The van der Waals surface area contributed by atoms with E-state index in [1.54, 1.807) is 7.11 Å². The highest BCUT2D eigenvalue weighted by atomic mass is 16.5. The minimum atomic E-state index is 0.585. The van der Waals surface area contributed by atoms with Crippen LogP contribution in [0.15, 0.2) is 29.3 Å². The Balaban J connectivity index is 1.49. The van der Waals surface area contributed by atoms with E-state index in [0.717, 1.165) is 30.4 Å². The molecule has 6 nitrogen and oxygen atoms in total. The van der Waals surface area contributed by atoms with Crippen molar-refractivity contribution in [3.8, 4) is 5.75 Å². The number of fused-ring (bicyclic) bond motifs is 3. The quantitative estimate of drug-likeness (QED) is 0.607. The Hall–Kier alpha value is -1.79. The number of hydrogen-bond donors (Lipinski definition) is 2. The number of hydrogen-bond acceptors (Lipinski definition) is 4. The number of ether oxygens (including phenoxy) is 1. The van der Waals surface area contributed by atoms with Crippen LogP contribution >= 0.6 is 0 Å². The van der Waals surface area contributed by atoms with Gasteiger partial charge in [0.2, 0.25) is 0 Å². The summed E-state index contributed by atoms with van der Waals surface area (Å²) in [5.41, 5.74) is 1.13. The van der Waals surface area contributed by atoms with Gasteiger partial charge in [-0.05, 0) is 6.07 Å². The molecule has 2 bridgehead atoms. The van der Waals surface area contributed by atoms with Gasteiger partial charge >= 0.3 is 0 Å². The highest BCUT2D eigenvalue weighted by Gasteiger charge is 2.31. The Morgan fingerprint density at radius 1 is 1.22 bits per heavy atom. The summed E-state index contributed by atoms with van der Waals surface area (Å²) >= 11 is 0. The van der Waals surface area contributed by atoms with Crippen molar-refractivity contribution < 1.29 is 4.74 Å². The molecule has 1 aromatic rings. The Morgan fingerprint density at radius 3 is 2.65 bits per heavy atom. The number of guanidine groups is 1. The summed E-state index contributed by atoms with van der Waals surface area (Å²) in [6.45, 7) is 7.62. The highest BCUT2D eigenvalue weighted by molar-refractivity contribution is 5.79. The molecule has 6 heteroatoms. The number of aliphatic imine (C=N–C) groups is 1. The third-order valence-corrected chi connectivity index (χ3v) is 4.76. The third kappa shape index (κ3) is 3.95. The van der Waals surface area contributed by atoms with Crippen molar-refractivity contribution in [2.24, 2.45) is 4.99 Å². The molecule has 1 atom stereocenters. The number of nitrogens with one attached hydrogen (secondary N) is 2. The highest BCUT2D eigenvalue weighted by Crippen LogP contribution is 2.17. The SMILES string of the molecule is CN=C(NCc1ccccc1OC)NCC1CN2CCN1CC2. The summed E-state index contributed by atoms with van der Waals surface area (Å²) in [7, 11) is 3.52. The van der Waals surface area contributed by atoms with Gasteiger partial charge in [-0.2, -0.15) is 0 Å². The van der Waals surface area contributed by atoms with E-state index in [4.69, 9.17) is 4.74 Å². The van der Waals surface area contributed by atoms with Crippen LogP contribution in [0.25, 0.3) is 0 Å². The first-order chi connectivity index (χ1) is 11.3. The van der Waals surface area contributed by atoms with Gasteiger partial charge < -0.3 is 15.4 Å². The number of rotatable bonds is 5. The van der Waals surface area contributed by atoms with E-state index in [2.05, 4.69) is 31.5 Å². The molecular weight excluding hydrogens is 290 g/mol. The maximum atomic E-state index is 5.39. The minimum Gasteiger partial charge on any atom is -0.496 e. The van der Waals surface area contributed by atoms with E-state index in [1.165, 1.54) is 26.2 Å². The van der Waals surface area contributed by atoms with Crippen molar-refractivity contribution in [2.45, 2.75) is 12.6 Å². The lowest BCUT2D eigenvalue weighted by molar-refractivity contribution is 0.0154. The van der Waals surface area contributed by atoms with Gasteiger partial charge in [0.1, 0.15) is 5.75 Å². The zero-order chi connectivity index (χ0) is 16.1. The zero-order valence-corrected chi connectivity index (χ0v) is 14.1. The Kier molecular flexibility index (Phi) is 5.35. The summed E-state index contributed by atoms with van der Waals surface area (Å²) in [6, 6.07) is 8.64. The number of piperazine rings is 3. The number of benzene rings is 1. The molecular formula is C17H27N5O. The fourth-order valence-electron chi connectivity index (χ4n) is 3.38. The van der Waals surface area contributed by atoms with E-state index in [-0.39, 0.29) is 0 Å². The van der Waals surface area contributed by atoms with Crippen molar-refractivity contribution >= 4 is 5.96 Å². The molecule has 3 aliphatic heterocycles. The molecule has 3 aliphatic rings. The maximum absolute atomic E-state index is 5.39. The normalized spacial score (nSPS) is 26.9. The van der Waals surface area contributed by atoms with Gasteiger partial charge in [0, 0.05) is 64.5 Å². The van der Waals surface area contributed by atoms with Crippen LogP contribution in [0, 0.1) is 0 Å². The molecule has 0 spiro atoms. The summed E-state index contributed by atoms with van der Waals surface area (Å²) < 4.78 is 5.39. The second kappa shape index (κ2) is 7.66. The monoisotopic (exact) mass is 317 g/mol. The Morgan fingerprint density at radius 2 is 2.00 bits per heavy atom. The van der Waals surface area contributed by atoms with Crippen LogP contribution in [0.4, 0.5) is 0 Å². The van der Waals surface area contributed by atoms with Crippen LogP contribution in [-0.2, 0) is 6.54 Å². The lowest BCUT2D eigenvalue weighted by Crippen LogP contribution is -2.63. The standard InChI is InChI=1S/C17H27N5O/c1-18-17(19-11-14-5-3-4-6-16(14)23-2)20-12-15-13-21-7-9-22(15)10-8-21/h3-6,15H,7-13H2,1-2H3,(H2,18,19,20). The Labute approximate surface area is 138 Å². The van der Waals surface area contributed by atoms with Gasteiger partial charge in [0.15, 0.2) is 5.96 Å². The average molecular weight is 317 g/mol. The summed E-state index contributed by atoms with van der Waals surface area (Å²) in [4.78, 5) is 9.46. The van der Waals surface area contributed by atoms with E-state index in [0.29, 0.717) is 12.6 Å². The average Bonchev–Trinajstić information content (AvgIpc) is 2.63. The smallest absolute Gasteiger partial charge is 0.191 e. The molecule has 4 rings (SSSR count). The van der Waals surface area contributed by atoms with Crippen molar-refractivity contribution in [3.05, 3.63) is 29.8 Å². The molecule has 2 N–H and O–H groups in total. The lowest BCUT2D eigenvalue weighted by Gasteiger charge is -2.47. The molecule has 3 saturated heterocycles. The van der Waals surface area contributed by atoms with Gasteiger partial charge in [0.05, 0.1) is 7.11 Å². The molecule has 0 amide bonds. The fourth-order valence-corrected chi connectivity index (χ4v) is 3.38. The summed E-state index contributed by atoms with van der Waals surface area (Å²) in [6.07, 6.45) is 0. The van der Waals surface area contributed by atoms with Crippen LogP contribution in [0.2, 0.25) is 0 Å². The molecule has 1 aromatic carbocycles. The maximum Gasteiger partial charge on any atom is 0.191 e. The predicted molar refractivity (Wildman–Crippen MR) is 93.0 cm³/mol. The molecule has 0 aliphatic carbocycles. The van der Waals surface area contributed by atoms with Crippen molar-refractivity contribution in [1.82, 2.24) is 20.4 Å². The van der Waals surface area contributed by atoms with Crippen LogP contribution in [0.1, 0.15) is 5.56 Å². The van der Waals surface area contributed by atoms with Gasteiger partial charge in [0.25, 0.3) is 0 Å². The largest absolute Gasteiger partial charge is 0.496 e. The summed E-state index contributed by atoms with van der Waals surface area (Å²) in [5, 5.41) is 6.83. The van der Waals surface area contributed by atoms with Crippen LogP contribution in [0.3, 0.4) is 0 Å². The molecule has 3 fully saturated rings. The van der Waals surface area contributed by atoms with E-state index < -0.39 is 0 Å². The molecule has 0 aromatic heterocycles. The van der Waals surface area contributed by atoms with Gasteiger partial charge in [-0.1, -0.05) is 18.2 Å².